The minimum atomic E-state index is -3.35. The molecule has 0 heterocycles. The SMILES string of the molecule is CCCCCCN(CCCCCC)C(=S)NP(=O)(OCC)OCC.[Cl][Co][Cl]. The number of nitrogens with zero attached hydrogens (tertiary/aromatic N) is 1. The molecule has 0 aliphatic rings. The zero-order chi connectivity index (χ0) is 21.0. The van der Waals surface area contributed by atoms with E-state index in [1.54, 1.807) is 13.8 Å². The molecule has 0 radical (unpaired) electrons. The maximum atomic E-state index is 12.6. The van der Waals surface area contributed by atoms with Crippen molar-refractivity contribution in [1.82, 2.24) is 9.99 Å². The van der Waals surface area contributed by atoms with Gasteiger partial charge in [-0.2, -0.15) is 0 Å². The van der Waals surface area contributed by atoms with Crippen LogP contribution in [-0.2, 0) is 26.5 Å². The van der Waals surface area contributed by atoms with Crippen LogP contribution in [0.15, 0.2) is 0 Å². The molecule has 1 N–H and O–H groups in total. The molecule has 0 aromatic heterocycles. The van der Waals surface area contributed by atoms with Gasteiger partial charge in [0, 0.05) is 13.1 Å². The quantitative estimate of drug-likeness (QED) is 0.147. The van der Waals surface area contributed by atoms with Crippen LogP contribution >= 0.6 is 40.3 Å². The van der Waals surface area contributed by atoms with Crippen molar-refractivity contribution < 1.29 is 26.5 Å². The number of nitrogens with one attached hydrogen (secondary N) is 1. The fraction of sp³-hybridized carbons (Fsp3) is 0.941. The van der Waals surface area contributed by atoms with Crippen LogP contribution in [0.1, 0.15) is 79.1 Å². The van der Waals surface area contributed by atoms with E-state index in [1.165, 1.54) is 38.5 Å². The average Bonchev–Trinajstić information content (AvgIpc) is 2.61. The Labute approximate surface area is 186 Å². The van der Waals surface area contributed by atoms with Gasteiger partial charge in [-0.25, -0.2) is 4.57 Å². The Morgan fingerprint density at radius 1 is 0.926 bits per heavy atom. The van der Waals surface area contributed by atoms with Crippen LogP contribution in [-0.4, -0.2) is 36.3 Å². The van der Waals surface area contributed by atoms with E-state index in [-0.39, 0.29) is 0 Å². The van der Waals surface area contributed by atoms with E-state index >= 15 is 0 Å². The molecule has 10 heteroatoms. The molecule has 167 valence electrons. The number of hydrogen-bond donors (Lipinski definition) is 1. The number of thiocarbonyl (C=S) groups is 1. The van der Waals surface area contributed by atoms with Gasteiger partial charge >= 0.3 is 40.9 Å². The van der Waals surface area contributed by atoms with Crippen molar-refractivity contribution in [3.05, 3.63) is 0 Å². The molecule has 0 spiro atoms. The van der Waals surface area contributed by atoms with Crippen molar-refractivity contribution in [1.29, 1.82) is 0 Å². The van der Waals surface area contributed by atoms with E-state index in [4.69, 9.17) is 41.6 Å². The van der Waals surface area contributed by atoms with Gasteiger partial charge in [0.05, 0.1) is 13.2 Å². The van der Waals surface area contributed by atoms with Crippen molar-refractivity contribution in [3.8, 4) is 0 Å². The summed E-state index contributed by atoms with van der Waals surface area (Å²) in [5, 5.41) is 3.33. The number of halogens is 2. The van der Waals surface area contributed by atoms with Crippen molar-refractivity contribution in [2.45, 2.75) is 79.1 Å². The zero-order valence-corrected chi connectivity index (χ0v) is 21.4. The fourth-order valence-electron chi connectivity index (χ4n) is 2.40. The standard InChI is InChI=1S/C17H37N2O3PS.2ClH.Co/c1-5-9-11-13-15-19(16-14-12-10-6-2)17(24)18-23(20,21-7-3)22-8-4;;;/h5-16H2,1-4H3,(H,18,20,24);2*1H;/q;;;+2/p-2. The third-order valence-electron chi connectivity index (χ3n) is 3.68. The maximum absolute atomic E-state index is 12.6. The Kier molecular flexibility index (Phi) is 24.1. The van der Waals surface area contributed by atoms with Gasteiger partial charge in [0.2, 0.25) is 0 Å². The van der Waals surface area contributed by atoms with Crippen LogP contribution < -0.4 is 5.09 Å². The number of unbranched alkanes of at least 4 members (excludes halogenated alkanes) is 6. The van der Waals surface area contributed by atoms with E-state index in [2.05, 4.69) is 23.8 Å². The molecule has 5 nitrogen and oxygen atoms in total. The molecule has 0 fully saturated rings. The molecule has 0 aromatic carbocycles. The van der Waals surface area contributed by atoms with Gasteiger partial charge < -0.3 is 4.90 Å². The van der Waals surface area contributed by atoms with Gasteiger partial charge in [0.15, 0.2) is 5.11 Å². The molecule has 0 unspecified atom stereocenters. The monoisotopic (exact) mass is 509 g/mol. The Morgan fingerprint density at radius 3 is 1.67 bits per heavy atom. The first kappa shape index (κ1) is 30.1. The van der Waals surface area contributed by atoms with Gasteiger partial charge in [0.25, 0.3) is 0 Å². The van der Waals surface area contributed by atoms with E-state index < -0.39 is 7.75 Å². The topological polar surface area (TPSA) is 50.8 Å². The van der Waals surface area contributed by atoms with Crippen LogP contribution in [0.4, 0.5) is 0 Å². The average molecular weight is 510 g/mol. The predicted molar refractivity (Wildman–Crippen MR) is 118 cm³/mol. The molecule has 0 aliphatic heterocycles. The second-order valence-electron chi connectivity index (χ2n) is 5.91. The summed E-state index contributed by atoms with van der Waals surface area (Å²) in [5.41, 5.74) is 0. The van der Waals surface area contributed by atoms with Gasteiger partial charge in [0.1, 0.15) is 0 Å². The summed E-state index contributed by atoms with van der Waals surface area (Å²) in [6, 6.07) is 0. The Balaban J connectivity index is 0. The van der Waals surface area contributed by atoms with Gasteiger partial charge in [-0.1, -0.05) is 52.4 Å². The van der Waals surface area contributed by atoms with Crippen molar-refractivity contribution in [2.75, 3.05) is 26.3 Å². The van der Waals surface area contributed by atoms with E-state index in [0.717, 1.165) is 25.9 Å². The summed E-state index contributed by atoms with van der Waals surface area (Å²) in [4.78, 5) is 2.12. The van der Waals surface area contributed by atoms with Crippen molar-refractivity contribution in [2.24, 2.45) is 0 Å². The van der Waals surface area contributed by atoms with E-state index in [1.807, 2.05) is 0 Å². The summed E-state index contributed by atoms with van der Waals surface area (Å²) in [6.07, 6.45) is 9.47. The molecule has 0 aliphatic carbocycles. The molecule has 0 amide bonds. The van der Waals surface area contributed by atoms with Crippen molar-refractivity contribution >= 4 is 45.4 Å². The fourth-order valence-corrected chi connectivity index (χ4v) is 4.18. The van der Waals surface area contributed by atoms with E-state index in [9.17, 15) is 4.57 Å². The Hall–Kier alpha value is 0.926. The summed E-state index contributed by atoms with van der Waals surface area (Å²) in [7, 11) is 6.11. The first-order chi connectivity index (χ1) is 12.9. The second-order valence-corrected chi connectivity index (χ2v) is 9.75. The predicted octanol–water partition coefficient (Wildman–Crippen LogP) is 6.88. The van der Waals surface area contributed by atoms with Crippen LogP contribution in [0.3, 0.4) is 0 Å². The molecule has 0 bridgehead atoms. The Morgan fingerprint density at radius 2 is 1.33 bits per heavy atom. The molecular weight excluding hydrogens is 473 g/mol. The zero-order valence-electron chi connectivity index (χ0n) is 17.1. The van der Waals surface area contributed by atoms with Gasteiger partial charge in [-0.15, -0.1) is 0 Å². The first-order valence-corrected chi connectivity index (χ1v) is 14.6. The minimum absolute atomic E-state index is 0.319. The summed E-state index contributed by atoms with van der Waals surface area (Å²) in [6.45, 7) is 10.4. The first-order valence-electron chi connectivity index (χ1n) is 9.74. The molecule has 27 heavy (non-hydrogen) atoms. The number of hydrogen-bond acceptors (Lipinski definition) is 4. The summed E-state index contributed by atoms with van der Waals surface area (Å²) in [5.74, 6) is 0. The molecular formula is C17H37Cl2CoN2O3PS. The van der Waals surface area contributed by atoms with Crippen molar-refractivity contribution in [3.63, 3.8) is 0 Å². The van der Waals surface area contributed by atoms with Gasteiger partial charge in [-0.05, 0) is 38.9 Å². The third-order valence-corrected chi connectivity index (χ3v) is 5.87. The van der Waals surface area contributed by atoms with Crippen LogP contribution in [0.25, 0.3) is 0 Å². The molecule has 0 saturated carbocycles. The van der Waals surface area contributed by atoms with Crippen LogP contribution in [0, 0.1) is 0 Å². The summed E-state index contributed by atoms with van der Waals surface area (Å²) >= 11 is 5.87. The van der Waals surface area contributed by atoms with Crippen LogP contribution in [0.2, 0.25) is 0 Å². The van der Waals surface area contributed by atoms with Gasteiger partial charge in [-0.3, -0.25) is 14.1 Å². The van der Waals surface area contributed by atoms with E-state index in [0.29, 0.717) is 31.2 Å². The third kappa shape index (κ3) is 18.7. The molecule has 0 saturated heterocycles. The van der Waals surface area contributed by atoms with Crippen LogP contribution in [0.5, 0.6) is 0 Å². The number of rotatable bonds is 15. The second kappa shape index (κ2) is 21.6. The summed E-state index contributed by atoms with van der Waals surface area (Å²) < 4.78 is 23.2. The molecule has 0 rings (SSSR count). The Bertz CT molecular complexity index is 377. The molecule has 0 atom stereocenters. The normalized spacial score (nSPS) is 11.0. The molecule has 0 aromatic rings.